The first-order valence-electron chi connectivity index (χ1n) is 9.60. The number of nitrogens with zero attached hydrogens (tertiary/aromatic N) is 3. The fourth-order valence-corrected chi connectivity index (χ4v) is 3.98. The number of benzene rings is 1. The van der Waals surface area contributed by atoms with E-state index in [9.17, 15) is 5.11 Å². The van der Waals surface area contributed by atoms with E-state index >= 15 is 0 Å². The fourth-order valence-electron chi connectivity index (χ4n) is 3.98. The summed E-state index contributed by atoms with van der Waals surface area (Å²) in [7, 11) is 0. The molecule has 1 saturated heterocycles. The van der Waals surface area contributed by atoms with Crippen LogP contribution in [0.1, 0.15) is 23.4 Å². The average Bonchev–Trinajstić information content (AvgIpc) is 3.14. The van der Waals surface area contributed by atoms with Gasteiger partial charge in [-0.15, -0.1) is 0 Å². The summed E-state index contributed by atoms with van der Waals surface area (Å²) in [6, 6.07) is 12.6. The lowest BCUT2D eigenvalue weighted by Crippen LogP contribution is -2.52. The lowest BCUT2D eigenvalue weighted by molar-refractivity contribution is 0.0487. The zero-order valence-corrected chi connectivity index (χ0v) is 15.8. The second kappa shape index (κ2) is 8.25. The van der Waals surface area contributed by atoms with E-state index in [-0.39, 0.29) is 6.61 Å². The first-order valence-corrected chi connectivity index (χ1v) is 9.60. The van der Waals surface area contributed by atoms with E-state index in [4.69, 9.17) is 9.47 Å². The molecule has 1 fully saturated rings. The van der Waals surface area contributed by atoms with Crippen LogP contribution in [-0.4, -0.2) is 59.0 Å². The van der Waals surface area contributed by atoms with Gasteiger partial charge in [-0.2, -0.15) is 0 Å². The molecule has 0 radical (unpaired) electrons. The number of ether oxygens (including phenoxy) is 2. The summed E-state index contributed by atoms with van der Waals surface area (Å²) >= 11 is 0. The molecule has 4 rings (SSSR count). The van der Waals surface area contributed by atoms with Crippen molar-refractivity contribution in [2.75, 3.05) is 33.0 Å². The molecule has 0 spiro atoms. The number of aromatic nitrogens is 1. The molecule has 6 nitrogen and oxygen atoms in total. The number of aryl methyl sites for hydroxylation is 1. The highest BCUT2D eigenvalue weighted by molar-refractivity contribution is 5.48. The molecular weight excluding hydrogens is 342 g/mol. The van der Waals surface area contributed by atoms with Crippen LogP contribution in [0.4, 0.5) is 0 Å². The van der Waals surface area contributed by atoms with Crippen LogP contribution in [0.3, 0.4) is 0 Å². The number of piperazine rings is 1. The van der Waals surface area contributed by atoms with Gasteiger partial charge in [0.2, 0.25) is 6.79 Å². The lowest BCUT2D eigenvalue weighted by Gasteiger charge is -2.41. The van der Waals surface area contributed by atoms with Gasteiger partial charge < -0.3 is 14.6 Å². The number of fused-ring (bicyclic) bond motifs is 1. The molecule has 0 saturated carbocycles. The topological polar surface area (TPSA) is 58.1 Å². The SMILES string of the molecule is Cc1cccc(CN2CCN(Cc3cccc4c3OCO4)CC2CCO)n1. The number of hydrogen-bond donors (Lipinski definition) is 1. The van der Waals surface area contributed by atoms with Crippen LogP contribution in [-0.2, 0) is 13.1 Å². The van der Waals surface area contributed by atoms with Crippen LogP contribution < -0.4 is 9.47 Å². The number of pyridine rings is 1. The van der Waals surface area contributed by atoms with Crippen LogP contribution in [0.2, 0.25) is 0 Å². The van der Waals surface area contributed by atoms with Crippen molar-refractivity contribution in [3.63, 3.8) is 0 Å². The Labute approximate surface area is 160 Å². The lowest BCUT2D eigenvalue weighted by atomic mass is 10.1. The third-order valence-corrected chi connectivity index (χ3v) is 5.33. The molecule has 2 aliphatic rings. The molecule has 0 bridgehead atoms. The van der Waals surface area contributed by atoms with Crippen LogP contribution in [0.25, 0.3) is 0 Å². The van der Waals surface area contributed by atoms with E-state index in [0.717, 1.165) is 62.0 Å². The maximum Gasteiger partial charge on any atom is 0.231 e. The highest BCUT2D eigenvalue weighted by Gasteiger charge is 2.28. The second-order valence-corrected chi connectivity index (χ2v) is 7.29. The molecule has 2 aliphatic heterocycles. The normalized spacial score (nSPS) is 20.1. The number of aliphatic hydroxyl groups excluding tert-OH is 1. The van der Waals surface area contributed by atoms with Gasteiger partial charge in [-0.05, 0) is 31.5 Å². The third kappa shape index (κ3) is 4.24. The number of para-hydroxylation sites is 1. The number of hydrogen-bond acceptors (Lipinski definition) is 6. The third-order valence-electron chi connectivity index (χ3n) is 5.33. The average molecular weight is 369 g/mol. The van der Waals surface area contributed by atoms with Crippen LogP contribution in [0.15, 0.2) is 36.4 Å². The largest absolute Gasteiger partial charge is 0.454 e. The van der Waals surface area contributed by atoms with Gasteiger partial charge in [0.25, 0.3) is 0 Å². The number of aliphatic hydroxyl groups is 1. The Morgan fingerprint density at radius 3 is 2.85 bits per heavy atom. The van der Waals surface area contributed by atoms with Gasteiger partial charge >= 0.3 is 0 Å². The van der Waals surface area contributed by atoms with Crippen LogP contribution in [0.5, 0.6) is 11.5 Å². The molecule has 144 valence electrons. The monoisotopic (exact) mass is 369 g/mol. The maximum atomic E-state index is 9.55. The summed E-state index contributed by atoms with van der Waals surface area (Å²) in [5, 5.41) is 9.55. The molecule has 1 unspecified atom stereocenters. The molecule has 6 heteroatoms. The number of rotatable bonds is 6. The van der Waals surface area contributed by atoms with Crippen molar-refractivity contribution in [3.05, 3.63) is 53.3 Å². The Morgan fingerprint density at radius 1 is 1.11 bits per heavy atom. The first kappa shape index (κ1) is 18.2. The summed E-state index contributed by atoms with van der Waals surface area (Å²) in [5.41, 5.74) is 3.31. The molecule has 0 amide bonds. The van der Waals surface area contributed by atoms with Crippen molar-refractivity contribution in [2.45, 2.75) is 32.5 Å². The van der Waals surface area contributed by atoms with Crippen molar-refractivity contribution in [1.82, 2.24) is 14.8 Å². The molecule has 1 N–H and O–H groups in total. The molecule has 0 aliphatic carbocycles. The standard InChI is InChI=1S/C21H27N3O3/c1-16-4-2-6-18(22-16)13-24-10-9-23(14-19(24)8-11-25)12-17-5-3-7-20-21(17)27-15-26-20/h2-7,19,25H,8-15H2,1H3. The van der Waals surface area contributed by atoms with E-state index in [0.29, 0.717) is 12.8 Å². The van der Waals surface area contributed by atoms with Crippen molar-refractivity contribution in [1.29, 1.82) is 0 Å². The van der Waals surface area contributed by atoms with E-state index in [1.165, 1.54) is 5.56 Å². The minimum atomic E-state index is 0.202. The van der Waals surface area contributed by atoms with Gasteiger partial charge in [0, 0.05) is 56.6 Å². The predicted octanol–water partition coefficient (Wildman–Crippen LogP) is 2.19. The Bertz CT molecular complexity index is 783. The van der Waals surface area contributed by atoms with Gasteiger partial charge in [0.1, 0.15) is 0 Å². The summed E-state index contributed by atoms with van der Waals surface area (Å²) < 4.78 is 11.1. The zero-order chi connectivity index (χ0) is 18.6. The Balaban J connectivity index is 1.43. The second-order valence-electron chi connectivity index (χ2n) is 7.29. The van der Waals surface area contributed by atoms with Crippen LogP contribution >= 0.6 is 0 Å². The Kier molecular flexibility index (Phi) is 5.57. The van der Waals surface area contributed by atoms with Gasteiger partial charge in [-0.3, -0.25) is 14.8 Å². The summed E-state index contributed by atoms with van der Waals surface area (Å²) in [5.74, 6) is 1.71. The Hall–Kier alpha value is -2.15. The van der Waals surface area contributed by atoms with E-state index in [2.05, 4.69) is 33.0 Å². The van der Waals surface area contributed by atoms with E-state index in [1.807, 2.05) is 25.1 Å². The molecule has 27 heavy (non-hydrogen) atoms. The minimum Gasteiger partial charge on any atom is -0.454 e. The van der Waals surface area contributed by atoms with Crippen molar-refractivity contribution < 1.29 is 14.6 Å². The van der Waals surface area contributed by atoms with Gasteiger partial charge in [0.05, 0.1) is 5.69 Å². The van der Waals surface area contributed by atoms with Crippen molar-refractivity contribution in [2.24, 2.45) is 0 Å². The summed E-state index contributed by atoms with van der Waals surface area (Å²) in [6.07, 6.45) is 0.773. The highest BCUT2D eigenvalue weighted by atomic mass is 16.7. The van der Waals surface area contributed by atoms with Crippen LogP contribution in [0, 0.1) is 6.92 Å². The molecule has 1 atom stereocenters. The first-order chi connectivity index (χ1) is 13.2. The van der Waals surface area contributed by atoms with Crippen molar-refractivity contribution >= 4 is 0 Å². The summed E-state index contributed by atoms with van der Waals surface area (Å²) in [6.45, 7) is 7.08. The quantitative estimate of drug-likeness (QED) is 0.842. The maximum absolute atomic E-state index is 9.55. The van der Waals surface area contributed by atoms with E-state index in [1.54, 1.807) is 0 Å². The molecule has 3 heterocycles. The fraction of sp³-hybridized carbons (Fsp3) is 0.476. The predicted molar refractivity (Wildman–Crippen MR) is 103 cm³/mol. The molecule has 1 aromatic heterocycles. The summed E-state index contributed by atoms with van der Waals surface area (Å²) in [4.78, 5) is 9.53. The van der Waals surface area contributed by atoms with Gasteiger partial charge in [-0.25, -0.2) is 0 Å². The van der Waals surface area contributed by atoms with Gasteiger partial charge in [-0.1, -0.05) is 18.2 Å². The van der Waals surface area contributed by atoms with E-state index < -0.39 is 0 Å². The highest BCUT2D eigenvalue weighted by Crippen LogP contribution is 2.36. The Morgan fingerprint density at radius 2 is 2.00 bits per heavy atom. The molecule has 2 aromatic rings. The molecule has 1 aromatic carbocycles. The smallest absolute Gasteiger partial charge is 0.231 e. The van der Waals surface area contributed by atoms with Crippen molar-refractivity contribution in [3.8, 4) is 11.5 Å². The zero-order valence-electron chi connectivity index (χ0n) is 15.8. The molecular formula is C21H27N3O3. The minimum absolute atomic E-state index is 0.202. The van der Waals surface area contributed by atoms with Gasteiger partial charge in [0.15, 0.2) is 11.5 Å².